The largest absolute Gasteiger partial charge is 0.481 e. The van der Waals surface area contributed by atoms with Gasteiger partial charge < -0.3 is 19.9 Å². The number of hydrogen-bond acceptors (Lipinski definition) is 4. The van der Waals surface area contributed by atoms with Gasteiger partial charge in [0.1, 0.15) is 0 Å². The molecule has 5 nitrogen and oxygen atoms in total. The Morgan fingerprint density at radius 1 is 1.21 bits per heavy atom. The number of benzene rings is 1. The molecule has 0 spiro atoms. The van der Waals surface area contributed by atoms with E-state index >= 15 is 0 Å². The molecule has 2 heterocycles. The minimum absolute atomic E-state index is 0.229. The Kier molecular flexibility index (Phi) is 8.50. The first-order valence-corrected chi connectivity index (χ1v) is 11.0. The van der Waals surface area contributed by atoms with Gasteiger partial charge >= 0.3 is 5.97 Å². The van der Waals surface area contributed by atoms with E-state index in [1.807, 2.05) is 18.2 Å². The molecule has 1 aromatic carbocycles. The number of thiocarbonyl (C=S) groups is 1. The van der Waals surface area contributed by atoms with Crippen LogP contribution in [0.1, 0.15) is 44.1 Å². The summed E-state index contributed by atoms with van der Waals surface area (Å²) < 4.78 is 12.0. The summed E-state index contributed by atoms with van der Waals surface area (Å²) in [5.41, 5.74) is 1.28. The summed E-state index contributed by atoms with van der Waals surface area (Å²) in [7, 11) is 0. The van der Waals surface area contributed by atoms with Crippen molar-refractivity contribution >= 4 is 23.4 Å². The number of unbranched alkanes of at least 4 members (excludes halogenated alkanes) is 1. The highest BCUT2D eigenvalue weighted by Gasteiger charge is 2.48. The Balaban J connectivity index is 1.37. The Morgan fingerprint density at radius 3 is 2.72 bits per heavy atom. The van der Waals surface area contributed by atoms with Crippen LogP contribution in [0.25, 0.3) is 0 Å². The van der Waals surface area contributed by atoms with Crippen molar-refractivity contribution in [1.29, 1.82) is 0 Å². The molecule has 2 aliphatic rings. The predicted octanol–water partition coefficient (Wildman–Crippen LogP) is 4.12. The number of carboxylic acid groups (broad SMARTS) is 1. The third-order valence-electron chi connectivity index (χ3n) is 5.86. The molecule has 0 aliphatic carbocycles. The quantitative estimate of drug-likeness (QED) is 0.321. The molecule has 2 aliphatic heterocycles. The van der Waals surface area contributed by atoms with Gasteiger partial charge in [0.15, 0.2) is 0 Å². The highest BCUT2D eigenvalue weighted by atomic mass is 32.1. The van der Waals surface area contributed by atoms with E-state index in [0.29, 0.717) is 36.1 Å². The normalized spacial score (nSPS) is 25.4. The van der Waals surface area contributed by atoms with Gasteiger partial charge in [0.25, 0.3) is 5.17 Å². The number of rotatable bonds is 11. The Bertz CT molecular complexity index is 693. The van der Waals surface area contributed by atoms with Crippen LogP contribution in [-0.4, -0.2) is 41.6 Å². The number of carboxylic acids is 1. The van der Waals surface area contributed by atoms with Crippen LogP contribution in [0.2, 0.25) is 0 Å². The first-order chi connectivity index (χ1) is 14.1. The van der Waals surface area contributed by atoms with Gasteiger partial charge in [0.05, 0.1) is 18.8 Å². The molecule has 2 saturated heterocycles. The van der Waals surface area contributed by atoms with Crippen molar-refractivity contribution in [3.63, 3.8) is 0 Å². The van der Waals surface area contributed by atoms with Gasteiger partial charge in [0.2, 0.25) is 0 Å². The minimum atomic E-state index is -0.731. The van der Waals surface area contributed by atoms with Crippen LogP contribution in [0.5, 0.6) is 0 Å². The number of allylic oxidation sites excluding steroid dienone is 2. The summed E-state index contributed by atoms with van der Waals surface area (Å²) >= 11 is 5.35. The van der Waals surface area contributed by atoms with Crippen LogP contribution >= 0.6 is 12.2 Å². The van der Waals surface area contributed by atoms with E-state index < -0.39 is 5.97 Å². The minimum Gasteiger partial charge on any atom is -0.481 e. The lowest BCUT2D eigenvalue weighted by Crippen LogP contribution is -2.34. The van der Waals surface area contributed by atoms with Crippen molar-refractivity contribution < 1.29 is 19.4 Å². The van der Waals surface area contributed by atoms with E-state index in [1.165, 1.54) is 5.56 Å². The van der Waals surface area contributed by atoms with Crippen molar-refractivity contribution in [2.24, 2.45) is 11.8 Å². The molecule has 2 N–H and O–H groups in total. The maximum Gasteiger partial charge on any atom is 0.303 e. The lowest BCUT2D eigenvalue weighted by atomic mass is 9.78. The number of ether oxygens (including phenoxy) is 2. The van der Waals surface area contributed by atoms with Crippen molar-refractivity contribution in [3.05, 3.63) is 48.0 Å². The van der Waals surface area contributed by atoms with Gasteiger partial charge in [-0.1, -0.05) is 42.5 Å². The summed E-state index contributed by atoms with van der Waals surface area (Å²) in [4.78, 5) is 10.6. The van der Waals surface area contributed by atoms with Crippen molar-refractivity contribution in [1.82, 2.24) is 5.32 Å². The molecule has 0 radical (unpaired) electrons. The van der Waals surface area contributed by atoms with Gasteiger partial charge in [-0.2, -0.15) is 0 Å². The van der Waals surface area contributed by atoms with Crippen molar-refractivity contribution in [3.8, 4) is 0 Å². The van der Waals surface area contributed by atoms with Gasteiger partial charge in [-0.25, -0.2) is 0 Å². The maximum atomic E-state index is 10.6. The van der Waals surface area contributed by atoms with E-state index in [2.05, 4.69) is 29.6 Å². The number of hydrogen-bond donors (Lipinski definition) is 2. The highest BCUT2D eigenvalue weighted by molar-refractivity contribution is 7.80. The fourth-order valence-electron chi connectivity index (χ4n) is 4.35. The SMILES string of the molecule is O=C(O)CCCC=CC[C@@H]1[C@H](COC(=S)NCCc2ccccc2)[C@@H]2CC[C@H]1O2. The summed E-state index contributed by atoms with van der Waals surface area (Å²) in [6, 6.07) is 10.3. The Labute approximate surface area is 178 Å². The molecule has 2 bridgehead atoms. The second-order valence-electron chi connectivity index (χ2n) is 7.87. The Hall–Kier alpha value is -1.92. The number of carbonyl (C=O) groups is 1. The summed E-state index contributed by atoms with van der Waals surface area (Å²) in [6.45, 7) is 1.36. The molecule has 1 aromatic rings. The lowest BCUT2D eigenvalue weighted by molar-refractivity contribution is -0.137. The van der Waals surface area contributed by atoms with Crippen molar-refractivity contribution in [2.45, 2.75) is 57.2 Å². The molecule has 4 atom stereocenters. The summed E-state index contributed by atoms with van der Waals surface area (Å²) in [5, 5.41) is 12.4. The second kappa shape index (κ2) is 11.3. The first kappa shape index (κ1) is 21.8. The van der Waals surface area contributed by atoms with Crippen molar-refractivity contribution in [2.75, 3.05) is 13.2 Å². The zero-order valence-electron chi connectivity index (χ0n) is 16.8. The molecule has 0 amide bonds. The molecular weight excluding hydrogens is 386 g/mol. The van der Waals surface area contributed by atoms with Crippen LogP contribution in [0, 0.1) is 11.8 Å². The predicted molar refractivity (Wildman–Crippen MR) is 117 cm³/mol. The second-order valence-corrected chi connectivity index (χ2v) is 8.24. The zero-order valence-corrected chi connectivity index (χ0v) is 17.6. The fraction of sp³-hybridized carbons (Fsp3) is 0.565. The standard InChI is InChI=1S/C23H31NO4S/c25-22(26)11-7-2-1-6-10-18-19(21-13-12-20(18)28-21)16-27-23(29)24-15-14-17-8-4-3-5-9-17/h1,3-6,8-9,18-21H,2,7,10-16H2,(H,24,29)(H,25,26)/t18-,19+,20-,21+/m1/s1. The molecular formula is C23H31NO4S. The average molecular weight is 418 g/mol. The molecule has 158 valence electrons. The van der Waals surface area contributed by atoms with Gasteiger partial charge in [-0.05, 0) is 62.2 Å². The molecule has 6 heteroatoms. The lowest BCUT2D eigenvalue weighted by Gasteiger charge is -2.27. The van der Waals surface area contributed by atoms with E-state index in [4.69, 9.17) is 26.8 Å². The molecule has 29 heavy (non-hydrogen) atoms. The Morgan fingerprint density at radius 2 is 1.97 bits per heavy atom. The average Bonchev–Trinajstić information content (AvgIpc) is 3.31. The number of aliphatic carboxylic acids is 1. The summed E-state index contributed by atoms with van der Waals surface area (Å²) in [6.07, 6.45) is 10.7. The fourth-order valence-corrected chi connectivity index (χ4v) is 4.52. The van der Waals surface area contributed by atoms with Crippen LogP contribution < -0.4 is 5.32 Å². The third-order valence-corrected chi connectivity index (χ3v) is 6.12. The molecule has 0 saturated carbocycles. The smallest absolute Gasteiger partial charge is 0.303 e. The van der Waals surface area contributed by atoms with E-state index in [-0.39, 0.29) is 12.5 Å². The van der Waals surface area contributed by atoms with Crippen LogP contribution in [0.15, 0.2) is 42.5 Å². The van der Waals surface area contributed by atoms with Crippen LogP contribution in [0.4, 0.5) is 0 Å². The topological polar surface area (TPSA) is 67.8 Å². The monoisotopic (exact) mass is 417 g/mol. The molecule has 3 rings (SSSR count). The molecule has 2 fully saturated rings. The number of nitrogens with one attached hydrogen (secondary N) is 1. The van der Waals surface area contributed by atoms with Crippen LogP contribution in [0.3, 0.4) is 0 Å². The third kappa shape index (κ3) is 6.82. The van der Waals surface area contributed by atoms with Gasteiger partial charge in [-0.3, -0.25) is 4.79 Å². The van der Waals surface area contributed by atoms with Crippen LogP contribution in [-0.2, 0) is 20.7 Å². The molecule has 0 aromatic heterocycles. The van der Waals surface area contributed by atoms with Gasteiger partial charge in [-0.15, -0.1) is 0 Å². The number of fused-ring (bicyclic) bond motifs is 2. The van der Waals surface area contributed by atoms with E-state index in [1.54, 1.807) is 0 Å². The zero-order chi connectivity index (χ0) is 20.5. The first-order valence-electron chi connectivity index (χ1n) is 10.6. The van der Waals surface area contributed by atoms with Gasteiger partial charge in [0, 0.05) is 18.9 Å². The summed E-state index contributed by atoms with van der Waals surface area (Å²) in [5.74, 6) is 0.0911. The van der Waals surface area contributed by atoms with E-state index in [9.17, 15) is 4.79 Å². The highest BCUT2D eigenvalue weighted by Crippen LogP contribution is 2.45. The van der Waals surface area contributed by atoms with E-state index in [0.717, 1.165) is 38.6 Å². The molecule has 0 unspecified atom stereocenters. The maximum absolute atomic E-state index is 10.6.